The highest BCUT2D eigenvalue weighted by Gasteiger charge is 2.12. The van der Waals surface area contributed by atoms with Crippen molar-refractivity contribution in [2.45, 2.75) is 13.5 Å². The highest BCUT2D eigenvalue weighted by atomic mass is 16.7. The third kappa shape index (κ3) is 2.42. The van der Waals surface area contributed by atoms with E-state index in [2.05, 4.69) is 5.32 Å². The zero-order chi connectivity index (χ0) is 13.2. The Morgan fingerprint density at radius 3 is 2.79 bits per heavy atom. The van der Waals surface area contributed by atoms with E-state index < -0.39 is 0 Å². The summed E-state index contributed by atoms with van der Waals surface area (Å²) in [6.07, 6.45) is 0. The highest BCUT2D eigenvalue weighted by molar-refractivity contribution is 5.67. The molecule has 0 atom stereocenters. The number of nitrogens with two attached hydrogens (primary N) is 1. The largest absolute Gasteiger partial charge is 0.454 e. The van der Waals surface area contributed by atoms with Crippen molar-refractivity contribution in [3.8, 4) is 11.5 Å². The van der Waals surface area contributed by atoms with E-state index in [1.54, 1.807) is 0 Å². The molecule has 0 aliphatic carbocycles. The molecule has 0 aromatic heterocycles. The molecule has 0 amide bonds. The van der Waals surface area contributed by atoms with E-state index in [-0.39, 0.29) is 0 Å². The predicted molar refractivity (Wildman–Crippen MR) is 75.5 cm³/mol. The van der Waals surface area contributed by atoms with Gasteiger partial charge in [0.2, 0.25) is 6.79 Å². The quantitative estimate of drug-likeness (QED) is 0.829. The number of aryl methyl sites for hydroxylation is 1. The van der Waals surface area contributed by atoms with Gasteiger partial charge in [0.05, 0.1) is 11.4 Å². The molecule has 4 nitrogen and oxygen atoms in total. The minimum Gasteiger partial charge on any atom is -0.454 e. The van der Waals surface area contributed by atoms with Crippen LogP contribution in [0.2, 0.25) is 0 Å². The first-order chi connectivity index (χ1) is 9.22. The Hall–Kier alpha value is -2.36. The first kappa shape index (κ1) is 11.7. The van der Waals surface area contributed by atoms with Crippen molar-refractivity contribution >= 4 is 11.4 Å². The zero-order valence-corrected chi connectivity index (χ0v) is 10.8. The van der Waals surface area contributed by atoms with Crippen molar-refractivity contribution in [1.29, 1.82) is 0 Å². The topological polar surface area (TPSA) is 56.5 Å². The van der Waals surface area contributed by atoms with Gasteiger partial charge < -0.3 is 20.5 Å². The summed E-state index contributed by atoms with van der Waals surface area (Å²) in [5.74, 6) is 1.61. The molecule has 0 saturated heterocycles. The third-order valence-corrected chi connectivity index (χ3v) is 3.13. The molecule has 1 aliphatic heterocycles. The Balaban J connectivity index is 1.72. The van der Waals surface area contributed by atoms with Crippen molar-refractivity contribution in [2.75, 3.05) is 17.8 Å². The van der Waals surface area contributed by atoms with Crippen molar-refractivity contribution < 1.29 is 9.47 Å². The summed E-state index contributed by atoms with van der Waals surface area (Å²) in [4.78, 5) is 0. The van der Waals surface area contributed by atoms with Crippen LogP contribution in [-0.4, -0.2) is 6.79 Å². The molecule has 0 unspecified atom stereocenters. The maximum Gasteiger partial charge on any atom is 0.231 e. The van der Waals surface area contributed by atoms with Gasteiger partial charge in [-0.1, -0.05) is 12.1 Å². The fraction of sp³-hybridized carbons (Fsp3) is 0.200. The fourth-order valence-corrected chi connectivity index (χ4v) is 2.09. The van der Waals surface area contributed by atoms with E-state index in [1.807, 2.05) is 43.3 Å². The fourth-order valence-electron chi connectivity index (χ4n) is 2.09. The molecule has 1 heterocycles. The summed E-state index contributed by atoms with van der Waals surface area (Å²) in [5.41, 5.74) is 9.97. The molecule has 98 valence electrons. The van der Waals surface area contributed by atoms with Crippen LogP contribution in [0, 0.1) is 6.92 Å². The maximum atomic E-state index is 5.97. The lowest BCUT2D eigenvalue weighted by molar-refractivity contribution is 0.174. The summed E-state index contributed by atoms with van der Waals surface area (Å²) in [7, 11) is 0. The van der Waals surface area contributed by atoms with E-state index in [0.29, 0.717) is 13.3 Å². The van der Waals surface area contributed by atoms with E-state index in [4.69, 9.17) is 15.2 Å². The number of benzene rings is 2. The number of nitrogen functional groups attached to an aromatic ring is 1. The van der Waals surface area contributed by atoms with Crippen molar-refractivity contribution in [3.05, 3.63) is 47.5 Å². The summed E-state index contributed by atoms with van der Waals surface area (Å²) in [6, 6.07) is 11.9. The van der Waals surface area contributed by atoms with E-state index >= 15 is 0 Å². The minimum absolute atomic E-state index is 0.303. The number of fused-ring (bicyclic) bond motifs is 1. The summed E-state index contributed by atoms with van der Waals surface area (Å²) in [6.45, 7) is 3.03. The molecular formula is C15H16N2O2. The van der Waals surface area contributed by atoms with Crippen LogP contribution in [-0.2, 0) is 6.54 Å². The Morgan fingerprint density at radius 2 is 1.95 bits per heavy atom. The van der Waals surface area contributed by atoms with Crippen LogP contribution in [0.4, 0.5) is 11.4 Å². The normalized spacial score (nSPS) is 12.5. The van der Waals surface area contributed by atoms with Gasteiger partial charge in [0.1, 0.15) is 0 Å². The van der Waals surface area contributed by atoms with Gasteiger partial charge in [0.25, 0.3) is 0 Å². The molecule has 4 heteroatoms. The SMILES string of the molecule is Cc1ccc(NCc2ccc3c(c2)OCO3)c(N)c1. The van der Waals surface area contributed by atoms with Gasteiger partial charge in [0, 0.05) is 6.54 Å². The molecule has 0 radical (unpaired) electrons. The van der Waals surface area contributed by atoms with E-state index in [1.165, 1.54) is 0 Å². The second-order valence-electron chi connectivity index (χ2n) is 4.63. The van der Waals surface area contributed by atoms with Gasteiger partial charge in [-0.05, 0) is 42.3 Å². The average molecular weight is 256 g/mol. The molecular weight excluding hydrogens is 240 g/mol. The number of rotatable bonds is 3. The second-order valence-corrected chi connectivity index (χ2v) is 4.63. The molecule has 2 aromatic carbocycles. The van der Waals surface area contributed by atoms with Crippen LogP contribution in [0.25, 0.3) is 0 Å². The molecule has 1 aliphatic rings. The smallest absolute Gasteiger partial charge is 0.231 e. The number of anilines is 2. The second kappa shape index (κ2) is 4.72. The van der Waals surface area contributed by atoms with Gasteiger partial charge in [0.15, 0.2) is 11.5 Å². The molecule has 0 saturated carbocycles. The van der Waals surface area contributed by atoms with Crippen molar-refractivity contribution in [3.63, 3.8) is 0 Å². The molecule has 19 heavy (non-hydrogen) atoms. The lowest BCUT2D eigenvalue weighted by Crippen LogP contribution is -2.02. The Morgan fingerprint density at radius 1 is 1.11 bits per heavy atom. The lowest BCUT2D eigenvalue weighted by Gasteiger charge is -2.10. The standard InChI is InChI=1S/C15H16N2O2/c1-10-2-4-13(12(16)6-10)17-8-11-3-5-14-15(7-11)19-9-18-14/h2-7,17H,8-9,16H2,1H3. The monoisotopic (exact) mass is 256 g/mol. The molecule has 3 N–H and O–H groups in total. The zero-order valence-electron chi connectivity index (χ0n) is 10.8. The first-order valence-electron chi connectivity index (χ1n) is 6.21. The van der Waals surface area contributed by atoms with Crippen LogP contribution >= 0.6 is 0 Å². The minimum atomic E-state index is 0.303. The van der Waals surface area contributed by atoms with Crippen molar-refractivity contribution in [1.82, 2.24) is 0 Å². The average Bonchev–Trinajstić information content (AvgIpc) is 2.85. The number of nitrogens with one attached hydrogen (secondary N) is 1. The van der Waals surface area contributed by atoms with Gasteiger partial charge in [-0.25, -0.2) is 0 Å². The van der Waals surface area contributed by atoms with Crippen LogP contribution in [0.15, 0.2) is 36.4 Å². The lowest BCUT2D eigenvalue weighted by atomic mass is 10.1. The van der Waals surface area contributed by atoms with Crippen molar-refractivity contribution in [2.24, 2.45) is 0 Å². The Kier molecular flexibility index (Phi) is 2.91. The van der Waals surface area contributed by atoms with Gasteiger partial charge in [-0.2, -0.15) is 0 Å². The summed E-state index contributed by atoms with van der Waals surface area (Å²) < 4.78 is 10.6. The molecule has 2 aromatic rings. The predicted octanol–water partition coefficient (Wildman–Crippen LogP) is 2.92. The first-order valence-corrected chi connectivity index (χ1v) is 6.21. The molecule has 0 bridgehead atoms. The van der Waals surface area contributed by atoms with Crippen LogP contribution in [0.5, 0.6) is 11.5 Å². The van der Waals surface area contributed by atoms with Gasteiger partial charge >= 0.3 is 0 Å². The van der Waals surface area contributed by atoms with Crippen LogP contribution < -0.4 is 20.5 Å². The molecule has 0 fully saturated rings. The van der Waals surface area contributed by atoms with E-state index in [0.717, 1.165) is 34.0 Å². The Labute approximate surface area is 112 Å². The number of ether oxygens (including phenoxy) is 2. The highest BCUT2D eigenvalue weighted by Crippen LogP contribution is 2.32. The van der Waals surface area contributed by atoms with Gasteiger partial charge in [-0.15, -0.1) is 0 Å². The summed E-state index contributed by atoms with van der Waals surface area (Å²) >= 11 is 0. The molecule has 0 spiro atoms. The third-order valence-electron chi connectivity index (χ3n) is 3.13. The molecule has 3 rings (SSSR count). The number of hydrogen-bond acceptors (Lipinski definition) is 4. The van der Waals surface area contributed by atoms with Gasteiger partial charge in [-0.3, -0.25) is 0 Å². The van der Waals surface area contributed by atoms with Crippen LogP contribution in [0.1, 0.15) is 11.1 Å². The Bertz CT molecular complexity index is 611. The van der Waals surface area contributed by atoms with Crippen LogP contribution in [0.3, 0.4) is 0 Å². The number of hydrogen-bond donors (Lipinski definition) is 2. The maximum absolute atomic E-state index is 5.97. The summed E-state index contributed by atoms with van der Waals surface area (Å²) in [5, 5.41) is 3.33. The van der Waals surface area contributed by atoms with E-state index in [9.17, 15) is 0 Å².